The lowest BCUT2D eigenvalue weighted by Gasteiger charge is -2.26. The van der Waals surface area contributed by atoms with E-state index in [1.807, 2.05) is 50.2 Å². The normalized spacial score (nSPS) is 11.3. The summed E-state index contributed by atoms with van der Waals surface area (Å²) in [5.74, 6) is -0.308. The first-order valence-electron chi connectivity index (χ1n) is 8.51. The molecule has 0 aliphatic heterocycles. The summed E-state index contributed by atoms with van der Waals surface area (Å²) < 4.78 is 5.26. The van der Waals surface area contributed by atoms with Crippen LogP contribution in [0.25, 0.3) is 10.8 Å². The number of ether oxygens (including phenoxy) is 1. The first-order chi connectivity index (χ1) is 12.0. The Hall–Kier alpha value is -2.56. The third kappa shape index (κ3) is 4.10. The van der Waals surface area contributed by atoms with Gasteiger partial charge in [-0.3, -0.25) is 9.59 Å². The van der Waals surface area contributed by atoms with Gasteiger partial charge in [0.25, 0.3) is 0 Å². The van der Waals surface area contributed by atoms with E-state index in [4.69, 9.17) is 4.74 Å². The highest BCUT2D eigenvalue weighted by Crippen LogP contribution is 2.26. The van der Waals surface area contributed by atoms with Crippen LogP contribution in [0.2, 0.25) is 0 Å². The highest BCUT2D eigenvalue weighted by atomic mass is 16.5. The number of fused-ring (bicyclic) bond motifs is 1. The summed E-state index contributed by atoms with van der Waals surface area (Å²) in [4.78, 5) is 23.9. The van der Waals surface area contributed by atoms with Gasteiger partial charge in [0.1, 0.15) is 5.75 Å². The number of methoxy groups -OCH3 is 1. The molecule has 0 aromatic heterocycles. The fourth-order valence-electron chi connectivity index (χ4n) is 2.98. The number of nitrogens with one attached hydrogen (secondary N) is 1. The molecule has 0 unspecified atom stereocenters. The Balaban J connectivity index is 2.15. The predicted molar refractivity (Wildman–Crippen MR) is 97.9 cm³/mol. The summed E-state index contributed by atoms with van der Waals surface area (Å²) in [5.41, 5.74) is -0.0136. The minimum absolute atomic E-state index is 0.141. The summed E-state index contributed by atoms with van der Waals surface area (Å²) in [7, 11) is 1.61. The molecule has 2 aromatic carbocycles. The van der Waals surface area contributed by atoms with Crippen molar-refractivity contribution in [3.8, 4) is 5.75 Å². The number of rotatable bonds is 8. The number of carbonyl (C=O) groups excluding carboxylic acids is 1. The summed E-state index contributed by atoms with van der Waals surface area (Å²) in [6, 6.07) is 11.6. The molecular weight excluding hydrogens is 318 g/mol. The Bertz CT molecular complexity index is 765. The van der Waals surface area contributed by atoms with Crippen molar-refractivity contribution >= 4 is 22.6 Å². The van der Waals surface area contributed by atoms with E-state index in [0.717, 1.165) is 22.1 Å². The third-order valence-electron chi connectivity index (χ3n) is 4.96. The van der Waals surface area contributed by atoms with Crippen molar-refractivity contribution in [2.75, 3.05) is 13.7 Å². The molecule has 0 aliphatic rings. The lowest BCUT2D eigenvalue weighted by Crippen LogP contribution is -2.42. The van der Waals surface area contributed by atoms with E-state index < -0.39 is 11.4 Å². The second-order valence-electron chi connectivity index (χ2n) is 6.25. The molecule has 5 heteroatoms. The van der Waals surface area contributed by atoms with Gasteiger partial charge in [0.05, 0.1) is 18.9 Å². The molecule has 2 aromatic rings. The zero-order valence-corrected chi connectivity index (χ0v) is 15.0. The van der Waals surface area contributed by atoms with Crippen molar-refractivity contribution < 1.29 is 19.4 Å². The van der Waals surface area contributed by atoms with Crippen LogP contribution in [0.4, 0.5) is 0 Å². The largest absolute Gasteiger partial charge is 0.497 e. The smallest absolute Gasteiger partial charge is 0.311 e. The maximum atomic E-state index is 12.4. The number of hydrogen-bond donors (Lipinski definition) is 2. The van der Waals surface area contributed by atoms with Crippen molar-refractivity contribution in [1.29, 1.82) is 0 Å². The summed E-state index contributed by atoms with van der Waals surface area (Å²) in [6.45, 7) is 3.81. The van der Waals surface area contributed by atoms with Gasteiger partial charge in [0, 0.05) is 6.54 Å². The van der Waals surface area contributed by atoms with Crippen LogP contribution in [0.1, 0.15) is 32.3 Å². The molecule has 2 rings (SSSR count). The maximum absolute atomic E-state index is 12.4. The monoisotopic (exact) mass is 343 g/mol. The van der Waals surface area contributed by atoms with Crippen LogP contribution in [0.15, 0.2) is 36.4 Å². The molecule has 0 bridgehead atoms. The lowest BCUT2D eigenvalue weighted by atomic mass is 9.82. The number of carboxylic acid groups (broad SMARTS) is 1. The first-order valence-corrected chi connectivity index (χ1v) is 8.51. The van der Waals surface area contributed by atoms with Crippen LogP contribution in [0.3, 0.4) is 0 Å². The number of carbonyl (C=O) groups is 2. The van der Waals surface area contributed by atoms with Gasteiger partial charge in [0.15, 0.2) is 0 Å². The minimum atomic E-state index is -0.905. The number of aliphatic carboxylic acids is 1. The molecule has 5 nitrogen and oxygen atoms in total. The molecule has 1 amide bonds. The Morgan fingerprint density at radius 3 is 2.48 bits per heavy atom. The Morgan fingerprint density at radius 2 is 1.88 bits per heavy atom. The standard InChI is InChI=1S/C20H25NO4/c1-4-20(5-2,19(23)24)13-21-18(22)11-15-8-6-7-14-9-10-16(25-3)12-17(14)15/h6-10,12H,4-5,11,13H2,1-3H3,(H,21,22)(H,23,24). The highest BCUT2D eigenvalue weighted by molar-refractivity contribution is 5.91. The van der Waals surface area contributed by atoms with Crippen molar-refractivity contribution in [2.45, 2.75) is 33.1 Å². The number of benzene rings is 2. The minimum Gasteiger partial charge on any atom is -0.497 e. The molecule has 0 heterocycles. The Morgan fingerprint density at radius 1 is 1.16 bits per heavy atom. The van der Waals surface area contributed by atoms with Gasteiger partial charge in [-0.15, -0.1) is 0 Å². The van der Waals surface area contributed by atoms with Crippen LogP contribution >= 0.6 is 0 Å². The Labute approximate surface area is 148 Å². The topological polar surface area (TPSA) is 75.6 Å². The van der Waals surface area contributed by atoms with Gasteiger partial charge in [-0.05, 0) is 41.3 Å². The van der Waals surface area contributed by atoms with Crippen LogP contribution in [-0.2, 0) is 16.0 Å². The van der Waals surface area contributed by atoms with Crippen molar-refractivity contribution in [3.05, 3.63) is 42.0 Å². The average molecular weight is 343 g/mol. The van der Waals surface area contributed by atoms with Gasteiger partial charge in [-0.1, -0.05) is 38.1 Å². The van der Waals surface area contributed by atoms with Gasteiger partial charge in [-0.25, -0.2) is 0 Å². The number of hydrogen-bond acceptors (Lipinski definition) is 3. The molecule has 0 spiro atoms. The summed E-state index contributed by atoms with van der Waals surface area (Å²) in [5, 5.41) is 14.3. The molecule has 0 aliphatic carbocycles. The van der Waals surface area contributed by atoms with Crippen LogP contribution < -0.4 is 10.1 Å². The average Bonchev–Trinajstić information content (AvgIpc) is 2.62. The Kier molecular flexibility index (Phi) is 6.02. The van der Waals surface area contributed by atoms with E-state index in [2.05, 4.69) is 5.32 Å². The van der Waals surface area contributed by atoms with Crippen molar-refractivity contribution in [2.24, 2.45) is 5.41 Å². The lowest BCUT2D eigenvalue weighted by molar-refractivity contribution is -0.149. The van der Waals surface area contributed by atoms with E-state index in [9.17, 15) is 14.7 Å². The molecule has 134 valence electrons. The van der Waals surface area contributed by atoms with Gasteiger partial charge >= 0.3 is 5.97 Å². The van der Waals surface area contributed by atoms with E-state index in [1.54, 1.807) is 7.11 Å². The molecule has 0 radical (unpaired) electrons. The highest BCUT2D eigenvalue weighted by Gasteiger charge is 2.35. The van der Waals surface area contributed by atoms with Crippen LogP contribution in [0, 0.1) is 5.41 Å². The van der Waals surface area contributed by atoms with E-state index in [1.165, 1.54) is 0 Å². The van der Waals surface area contributed by atoms with Crippen LogP contribution in [0.5, 0.6) is 5.75 Å². The number of amides is 1. The predicted octanol–water partition coefficient (Wildman–Crippen LogP) is 3.40. The molecule has 0 saturated heterocycles. The van der Waals surface area contributed by atoms with E-state index in [0.29, 0.717) is 12.8 Å². The maximum Gasteiger partial charge on any atom is 0.311 e. The molecule has 0 saturated carbocycles. The van der Waals surface area contributed by atoms with Gasteiger partial charge < -0.3 is 15.2 Å². The quantitative estimate of drug-likeness (QED) is 0.770. The molecular formula is C20H25NO4. The fraction of sp³-hybridized carbons (Fsp3) is 0.400. The first kappa shape index (κ1) is 18.8. The summed E-state index contributed by atoms with van der Waals surface area (Å²) >= 11 is 0. The third-order valence-corrected chi connectivity index (χ3v) is 4.96. The van der Waals surface area contributed by atoms with Crippen molar-refractivity contribution in [1.82, 2.24) is 5.32 Å². The zero-order valence-electron chi connectivity index (χ0n) is 15.0. The van der Waals surface area contributed by atoms with Crippen molar-refractivity contribution in [3.63, 3.8) is 0 Å². The fourth-order valence-corrected chi connectivity index (χ4v) is 2.98. The second-order valence-corrected chi connectivity index (χ2v) is 6.25. The van der Waals surface area contributed by atoms with E-state index >= 15 is 0 Å². The zero-order chi connectivity index (χ0) is 18.4. The number of carboxylic acids is 1. The molecule has 25 heavy (non-hydrogen) atoms. The second kappa shape index (κ2) is 8.01. The SMILES string of the molecule is CCC(CC)(CNC(=O)Cc1cccc2ccc(OC)cc12)C(=O)O. The van der Waals surface area contributed by atoms with Gasteiger partial charge in [0.2, 0.25) is 5.91 Å². The van der Waals surface area contributed by atoms with Gasteiger partial charge in [-0.2, -0.15) is 0 Å². The van der Waals surface area contributed by atoms with Crippen LogP contribution in [-0.4, -0.2) is 30.6 Å². The molecule has 0 atom stereocenters. The molecule has 2 N–H and O–H groups in total. The summed E-state index contributed by atoms with van der Waals surface area (Å²) in [6.07, 6.45) is 1.16. The van der Waals surface area contributed by atoms with E-state index in [-0.39, 0.29) is 18.9 Å². The molecule has 0 fully saturated rings.